The van der Waals surface area contributed by atoms with Gasteiger partial charge in [0, 0.05) is 18.7 Å². The molecule has 1 fully saturated rings. The number of rotatable bonds is 7. The highest BCUT2D eigenvalue weighted by molar-refractivity contribution is 5.77. The van der Waals surface area contributed by atoms with Gasteiger partial charge in [0.25, 0.3) is 0 Å². The quantitative estimate of drug-likeness (QED) is 0.776. The van der Waals surface area contributed by atoms with Gasteiger partial charge in [0.15, 0.2) is 0 Å². The van der Waals surface area contributed by atoms with Crippen molar-refractivity contribution in [2.75, 3.05) is 13.1 Å². The summed E-state index contributed by atoms with van der Waals surface area (Å²) in [5, 5.41) is 3.47. The lowest BCUT2D eigenvalue weighted by Gasteiger charge is -2.33. The Bertz CT molecular complexity index is 709. The fraction of sp³-hybridized carbons (Fsp3) is 0.500. The van der Waals surface area contributed by atoms with Crippen LogP contribution in [0, 0.1) is 5.92 Å². The monoisotopic (exact) mass is 379 g/mol. The number of hydrogen-bond donors (Lipinski definition) is 1. The van der Waals surface area contributed by atoms with Crippen LogP contribution in [0.1, 0.15) is 56.7 Å². The SMILES string of the molecule is CC(C)C(CC(=O)N(Cc1ccccn1)C1CCCNCC1)c1ccccc1. The van der Waals surface area contributed by atoms with Gasteiger partial charge in [-0.2, -0.15) is 0 Å². The molecule has 150 valence electrons. The summed E-state index contributed by atoms with van der Waals surface area (Å²) in [6.45, 7) is 7.04. The molecule has 0 radical (unpaired) electrons. The Balaban J connectivity index is 1.80. The number of aromatic nitrogens is 1. The Morgan fingerprint density at radius 3 is 2.61 bits per heavy atom. The minimum Gasteiger partial charge on any atom is -0.334 e. The first-order chi connectivity index (χ1) is 13.6. The third-order valence-electron chi connectivity index (χ3n) is 5.79. The van der Waals surface area contributed by atoms with Crippen LogP contribution in [0.25, 0.3) is 0 Å². The summed E-state index contributed by atoms with van der Waals surface area (Å²) in [6, 6.07) is 16.7. The van der Waals surface area contributed by atoms with Crippen molar-refractivity contribution >= 4 is 5.91 Å². The molecule has 0 bridgehead atoms. The van der Waals surface area contributed by atoms with E-state index in [0.717, 1.165) is 38.0 Å². The highest BCUT2D eigenvalue weighted by atomic mass is 16.2. The van der Waals surface area contributed by atoms with Crippen LogP contribution in [0.5, 0.6) is 0 Å². The van der Waals surface area contributed by atoms with E-state index >= 15 is 0 Å². The molecule has 1 amide bonds. The maximum absolute atomic E-state index is 13.5. The van der Waals surface area contributed by atoms with E-state index in [4.69, 9.17) is 0 Å². The number of nitrogens with one attached hydrogen (secondary N) is 1. The number of nitrogens with zero attached hydrogens (tertiary/aromatic N) is 2. The maximum Gasteiger partial charge on any atom is 0.223 e. The average Bonchev–Trinajstić information content (AvgIpc) is 3.00. The van der Waals surface area contributed by atoms with Gasteiger partial charge in [-0.05, 0) is 61.9 Å². The summed E-state index contributed by atoms with van der Waals surface area (Å²) >= 11 is 0. The highest BCUT2D eigenvalue weighted by Gasteiger charge is 2.28. The zero-order valence-corrected chi connectivity index (χ0v) is 17.2. The second kappa shape index (κ2) is 10.4. The Kier molecular flexibility index (Phi) is 7.61. The largest absolute Gasteiger partial charge is 0.334 e. The van der Waals surface area contributed by atoms with Crippen molar-refractivity contribution in [3.8, 4) is 0 Å². The van der Waals surface area contributed by atoms with E-state index < -0.39 is 0 Å². The van der Waals surface area contributed by atoms with Gasteiger partial charge in [0.1, 0.15) is 0 Å². The number of hydrogen-bond acceptors (Lipinski definition) is 3. The summed E-state index contributed by atoms with van der Waals surface area (Å²) in [5.41, 5.74) is 2.22. The average molecular weight is 380 g/mol. The molecule has 0 aliphatic carbocycles. The molecule has 2 unspecified atom stereocenters. The van der Waals surface area contributed by atoms with Crippen LogP contribution in [0.4, 0.5) is 0 Å². The standard InChI is InChI=1S/C24H33N3O/c1-19(2)23(20-9-4-3-5-10-20)17-24(28)27(18-21-11-6-7-15-26-21)22-12-8-14-25-16-13-22/h3-7,9-11,15,19,22-23,25H,8,12-14,16-18H2,1-2H3. The van der Waals surface area contributed by atoms with Gasteiger partial charge in [-0.25, -0.2) is 0 Å². The number of pyridine rings is 1. The van der Waals surface area contributed by atoms with Gasteiger partial charge in [0.05, 0.1) is 12.2 Å². The van der Waals surface area contributed by atoms with Gasteiger partial charge < -0.3 is 10.2 Å². The Morgan fingerprint density at radius 1 is 1.11 bits per heavy atom. The molecule has 1 aromatic heterocycles. The lowest BCUT2D eigenvalue weighted by Crippen LogP contribution is -2.41. The van der Waals surface area contributed by atoms with Gasteiger partial charge >= 0.3 is 0 Å². The molecule has 1 aliphatic heterocycles. The van der Waals surface area contributed by atoms with Gasteiger partial charge in [-0.3, -0.25) is 9.78 Å². The summed E-state index contributed by atoms with van der Waals surface area (Å²) in [7, 11) is 0. The zero-order valence-electron chi connectivity index (χ0n) is 17.2. The van der Waals surface area contributed by atoms with Crippen LogP contribution in [-0.4, -0.2) is 34.9 Å². The third kappa shape index (κ3) is 5.65. The molecule has 0 saturated carbocycles. The predicted molar refractivity (Wildman–Crippen MR) is 114 cm³/mol. The summed E-state index contributed by atoms with van der Waals surface area (Å²) in [4.78, 5) is 20.1. The molecule has 2 aromatic rings. The molecule has 28 heavy (non-hydrogen) atoms. The second-order valence-corrected chi connectivity index (χ2v) is 8.14. The molecule has 1 aromatic carbocycles. The predicted octanol–water partition coefficient (Wildman–Crippen LogP) is 4.38. The molecule has 1 saturated heterocycles. The molecule has 4 nitrogen and oxygen atoms in total. The molecule has 0 spiro atoms. The lowest BCUT2D eigenvalue weighted by atomic mass is 9.85. The zero-order chi connectivity index (χ0) is 19.8. The normalized spacial score (nSPS) is 18.5. The van der Waals surface area contributed by atoms with Crippen molar-refractivity contribution in [3.63, 3.8) is 0 Å². The Hall–Kier alpha value is -2.20. The fourth-order valence-corrected chi connectivity index (χ4v) is 4.14. The lowest BCUT2D eigenvalue weighted by molar-refractivity contribution is -0.135. The van der Waals surface area contributed by atoms with Crippen molar-refractivity contribution in [1.29, 1.82) is 0 Å². The number of carbonyl (C=O) groups is 1. The van der Waals surface area contributed by atoms with Crippen LogP contribution < -0.4 is 5.32 Å². The van der Waals surface area contributed by atoms with Gasteiger partial charge in [0.2, 0.25) is 5.91 Å². The van der Waals surface area contributed by atoms with E-state index in [1.165, 1.54) is 5.56 Å². The topological polar surface area (TPSA) is 45.2 Å². The smallest absolute Gasteiger partial charge is 0.223 e. The number of carbonyl (C=O) groups excluding carboxylic acids is 1. The van der Waals surface area contributed by atoms with Crippen LogP contribution in [-0.2, 0) is 11.3 Å². The van der Waals surface area contributed by atoms with E-state index in [2.05, 4.69) is 53.3 Å². The van der Waals surface area contributed by atoms with Crippen LogP contribution in [0.3, 0.4) is 0 Å². The van der Waals surface area contributed by atoms with E-state index in [9.17, 15) is 4.79 Å². The van der Waals surface area contributed by atoms with Crippen LogP contribution in [0.15, 0.2) is 54.7 Å². The first-order valence-corrected chi connectivity index (χ1v) is 10.6. The Morgan fingerprint density at radius 2 is 1.89 bits per heavy atom. The van der Waals surface area contributed by atoms with Crippen LogP contribution >= 0.6 is 0 Å². The highest BCUT2D eigenvalue weighted by Crippen LogP contribution is 2.30. The molecule has 3 rings (SSSR count). The van der Waals surface area contributed by atoms with Crippen molar-refractivity contribution in [1.82, 2.24) is 15.2 Å². The van der Waals surface area contributed by atoms with E-state index in [1.54, 1.807) is 0 Å². The molecule has 1 aliphatic rings. The minimum absolute atomic E-state index is 0.240. The third-order valence-corrected chi connectivity index (χ3v) is 5.79. The molecular formula is C24H33N3O. The molecule has 2 atom stereocenters. The van der Waals surface area contributed by atoms with E-state index in [1.807, 2.05) is 30.5 Å². The van der Waals surface area contributed by atoms with Crippen molar-refractivity contribution in [2.45, 2.75) is 58.0 Å². The maximum atomic E-state index is 13.5. The Labute approximate surface area is 169 Å². The summed E-state index contributed by atoms with van der Waals surface area (Å²) < 4.78 is 0. The van der Waals surface area contributed by atoms with E-state index in [0.29, 0.717) is 18.9 Å². The first kappa shape index (κ1) is 20.5. The van der Waals surface area contributed by atoms with Gasteiger partial charge in [-0.1, -0.05) is 50.2 Å². The number of benzene rings is 1. The fourth-order valence-electron chi connectivity index (χ4n) is 4.14. The first-order valence-electron chi connectivity index (χ1n) is 10.6. The van der Waals surface area contributed by atoms with E-state index in [-0.39, 0.29) is 17.9 Å². The second-order valence-electron chi connectivity index (χ2n) is 8.14. The molecule has 4 heteroatoms. The summed E-state index contributed by atoms with van der Waals surface area (Å²) in [6.07, 6.45) is 5.55. The van der Waals surface area contributed by atoms with Crippen molar-refractivity contribution in [3.05, 3.63) is 66.0 Å². The van der Waals surface area contributed by atoms with Crippen LogP contribution in [0.2, 0.25) is 0 Å². The number of amides is 1. The van der Waals surface area contributed by atoms with Crippen molar-refractivity contribution in [2.24, 2.45) is 5.92 Å². The van der Waals surface area contributed by atoms with Crippen molar-refractivity contribution < 1.29 is 4.79 Å². The molecular weight excluding hydrogens is 346 g/mol. The molecule has 1 N–H and O–H groups in total. The molecule has 2 heterocycles. The summed E-state index contributed by atoms with van der Waals surface area (Å²) in [5.74, 6) is 0.905. The minimum atomic E-state index is 0.240. The van der Waals surface area contributed by atoms with Gasteiger partial charge in [-0.15, -0.1) is 0 Å².